The number of carboxylic acids is 1. The Morgan fingerprint density at radius 3 is 2.40 bits per heavy atom. The van der Waals surface area contributed by atoms with Crippen LogP contribution in [0.1, 0.15) is 31.7 Å². The molecule has 0 radical (unpaired) electrons. The van der Waals surface area contributed by atoms with Crippen molar-refractivity contribution in [2.45, 2.75) is 56.8 Å². The molecule has 0 bridgehead atoms. The quantitative estimate of drug-likeness (QED) is 0.295. The van der Waals surface area contributed by atoms with Crippen LogP contribution >= 0.6 is 0 Å². The zero-order valence-corrected chi connectivity index (χ0v) is 19.3. The predicted molar refractivity (Wildman–Crippen MR) is 121 cm³/mol. The van der Waals surface area contributed by atoms with E-state index in [1.165, 1.54) is 28.9 Å². The number of hydrogen-bond donors (Lipinski definition) is 5. The highest BCUT2D eigenvalue weighted by Crippen LogP contribution is 2.26. The van der Waals surface area contributed by atoms with E-state index >= 15 is 0 Å². The number of likely N-dealkylation sites (tertiary alicyclic amines) is 2. The lowest BCUT2D eigenvalue weighted by Crippen LogP contribution is -2.56. The van der Waals surface area contributed by atoms with Crippen LogP contribution in [0.4, 0.5) is 0 Å². The van der Waals surface area contributed by atoms with Crippen LogP contribution in [0.5, 0.6) is 5.75 Å². The Labute approximate surface area is 201 Å². The summed E-state index contributed by atoms with van der Waals surface area (Å²) in [5.74, 6) is -3.22. The molecule has 1 aromatic rings. The molecule has 3 rings (SSSR count). The molecule has 35 heavy (non-hydrogen) atoms. The van der Waals surface area contributed by atoms with E-state index in [1.54, 1.807) is 12.1 Å². The summed E-state index contributed by atoms with van der Waals surface area (Å²) < 4.78 is 0. The van der Waals surface area contributed by atoms with Crippen LogP contribution in [0.15, 0.2) is 24.3 Å². The first-order valence-corrected chi connectivity index (χ1v) is 11.4. The zero-order chi connectivity index (χ0) is 25.7. The van der Waals surface area contributed by atoms with Gasteiger partial charge in [0.15, 0.2) is 0 Å². The summed E-state index contributed by atoms with van der Waals surface area (Å²) in [5.41, 5.74) is 0.704. The molecule has 1 aromatic carbocycles. The number of rotatable bonds is 8. The Morgan fingerprint density at radius 2 is 1.77 bits per heavy atom. The van der Waals surface area contributed by atoms with E-state index in [9.17, 15) is 34.2 Å². The molecule has 4 atom stereocenters. The highest BCUT2D eigenvalue weighted by Gasteiger charge is 2.45. The second kappa shape index (κ2) is 11.2. The van der Waals surface area contributed by atoms with Crippen molar-refractivity contribution in [2.24, 2.45) is 0 Å². The minimum Gasteiger partial charge on any atom is -0.508 e. The highest BCUT2D eigenvalue weighted by molar-refractivity contribution is 5.95. The second-order valence-corrected chi connectivity index (χ2v) is 8.82. The molecule has 2 heterocycles. The van der Waals surface area contributed by atoms with E-state index in [2.05, 4.69) is 10.6 Å². The van der Waals surface area contributed by atoms with Crippen molar-refractivity contribution >= 4 is 29.6 Å². The minimum absolute atomic E-state index is 0.0345. The molecule has 0 spiro atoms. The van der Waals surface area contributed by atoms with Crippen molar-refractivity contribution in [2.75, 3.05) is 19.6 Å². The smallest absolute Gasteiger partial charge is 0.322 e. The van der Waals surface area contributed by atoms with Gasteiger partial charge in [0.25, 0.3) is 0 Å². The number of β-amino-alcohol motifs (C(OH)–C–C–N with tert-alkyl or cyclic N) is 1. The van der Waals surface area contributed by atoms with Crippen molar-refractivity contribution < 1.29 is 39.3 Å². The van der Waals surface area contributed by atoms with Crippen LogP contribution in [-0.2, 0) is 30.4 Å². The maximum absolute atomic E-state index is 13.4. The van der Waals surface area contributed by atoms with E-state index < -0.39 is 60.4 Å². The van der Waals surface area contributed by atoms with Crippen molar-refractivity contribution in [1.29, 1.82) is 0 Å². The summed E-state index contributed by atoms with van der Waals surface area (Å²) in [4.78, 5) is 64.5. The third-order valence-electron chi connectivity index (χ3n) is 6.15. The number of carbonyl (C=O) groups excluding carboxylic acids is 4. The van der Waals surface area contributed by atoms with Crippen LogP contribution in [0.25, 0.3) is 0 Å². The van der Waals surface area contributed by atoms with Crippen molar-refractivity contribution in [1.82, 2.24) is 20.4 Å². The normalized spacial score (nSPS) is 22.5. The lowest BCUT2D eigenvalue weighted by atomic mass is 10.0. The molecule has 190 valence electrons. The number of nitrogens with zero attached hydrogens (tertiary/aromatic N) is 2. The number of carbonyl (C=O) groups is 5. The molecular weight excluding hydrogens is 460 g/mol. The van der Waals surface area contributed by atoms with E-state index in [1.807, 2.05) is 0 Å². The molecule has 0 aliphatic carbocycles. The van der Waals surface area contributed by atoms with Gasteiger partial charge in [-0.1, -0.05) is 12.1 Å². The topological polar surface area (TPSA) is 177 Å². The number of aliphatic hydroxyl groups excluding tert-OH is 1. The Morgan fingerprint density at radius 1 is 1.09 bits per heavy atom. The molecule has 2 saturated heterocycles. The molecule has 4 amide bonds. The van der Waals surface area contributed by atoms with Gasteiger partial charge in [0.2, 0.25) is 23.6 Å². The monoisotopic (exact) mass is 490 g/mol. The van der Waals surface area contributed by atoms with Crippen molar-refractivity contribution in [3.63, 3.8) is 0 Å². The largest absolute Gasteiger partial charge is 0.508 e. The van der Waals surface area contributed by atoms with Crippen LogP contribution < -0.4 is 10.6 Å². The van der Waals surface area contributed by atoms with Gasteiger partial charge in [-0.05, 0) is 30.5 Å². The number of aliphatic carboxylic acids is 1. The third kappa shape index (κ3) is 6.47. The van der Waals surface area contributed by atoms with Crippen molar-refractivity contribution in [3.05, 3.63) is 29.8 Å². The molecule has 5 N–H and O–H groups in total. The second-order valence-electron chi connectivity index (χ2n) is 8.82. The molecule has 0 aromatic heterocycles. The first-order chi connectivity index (χ1) is 16.6. The number of phenols is 1. The lowest BCUT2D eigenvalue weighted by molar-refractivity contribution is -0.148. The molecule has 12 nitrogen and oxygen atoms in total. The predicted octanol–water partition coefficient (Wildman–Crippen LogP) is -1.41. The maximum atomic E-state index is 13.4. The summed E-state index contributed by atoms with van der Waals surface area (Å²) in [6.45, 7) is 0.852. The van der Waals surface area contributed by atoms with E-state index in [4.69, 9.17) is 5.11 Å². The molecule has 0 saturated carbocycles. The average molecular weight is 491 g/mol. The third-order valence-corrected chi connectivity index (χ3v) is 6.15. The van der Waals surface area contributed by atoms with Crippen molar-refractivity contribution in [3.8, 4) is 5.75 Å². The zero-order valence-electron chi connectivity index (χ0n) is 19.3. The minimum atomic E-state index is -1.24. The molecule has 2 fully saturated rings. The van der Waals surface area contributed by atoms with E-state index in [-0.39, 0.29) is 31.7 Å². The Bertz CT molecular complexity index is 982. The van der Waals surface area contributed by atoms with Gasteiger partial charge < -0.3 is 35.8 Å². The molecule has 0 unspecified atom stereocenters. The number of amides is 4. The fourth-order valence-corrected chi connectivity index (χ4v) is 4.58. The lowest BCUT2D eigenvalue weighted by Gasteiger charge is -2.32. The van der Waals surface area contributed by atoms with Gasteiger partial charge in [-0.3, -0.25) is 24.0 Å². The van der Waals surface area contributed by atoms with Gasteiger partial charge in [0.1, 0.15) is 30.4 Å². The average Bonchev–Trinajstić information content (AvgIpc) is 3.44. The van der Waals surface area contributed by atoms with Crippen LogP contribution in [0, 0.1) is 0 Å². The number of carboxylic acid groups (broad SMARTS) is 1. The summed E-state index contributed by atoms with van der Waals surface area (Å²) in [6.07, 6.45) is 0.0608. The number of aliphatic hydroxyl groups is 1. The van der Waals surface area contributed by atoms with Crippen LogP contribution in [0.3, 0.4) is 0 Å². The van der Waals surface area contributed by atoms with E-state index in [0.717, 1.165) is 0 Å². The summed E-state index contributed by atoms with van der Waals surface area (Å²) in [7, 11) is 0. The van der Waals surface area contributed by atoms with Gasteiger partial charge in [-0.25, -0.2) is 0 Å². The number of benzene rings is 1. The summed E-state index contributed by atoms with van der Waals surface area (Å²) >= 11 is 0. The fraction of sp³-hybridized carbons (Fsp3) is 0.522. The maximum Gasteiger partial charge on any atom is 0.322 e. The van der Waals surface area contributed by atoms with Gasteiger partial charge in [0, 0.05) is 32.9 Å². The Kier molecular flexibility index (Phi) is 8.28. The number of hydrogen-bond acceptors (Lipinski definition) is 7. The Balaban J connectivity index is 1.76. The molecule has 2 aliphatic rings. The molecular formula is C23H30N4O8. The standard InChI is InChI=1S/C23H30N4O8/c1-13(28)25-17(9-14-4-6-15(29)7-5-14)22(34)26-8-2-3-18(26)23(35)27-12-16(30)10-19(27)21(33)24-11-20(31)32/h4-7,16-19,29-30H,2-3,8-12H2,1H3,(H,24,33)(H,25,28)(H,31,32)/t16-,17+,18+,19+/m0/s1. The highest BCUT2D eigenvalue weighted by atomic mass is 16.4. The fourth-order valence-electron chi connectivity index (χ4n) is 4.58. The number of aromatic hydroxyl groups is 1. The van der Waals surface area contributed by atoms with Gasteiger partial charge >= 0.3 is 5.97 Å². The number of nitrogens with one attached hydrogen (secondary N) is 2. The first kappa shape index (κ1) is 25.9. The summed E-state index contributed by atoms with van der Waals surface area (Å²) in [5, 5.41) is 33.3. The SMILES string of the molecule is CC(=O)N[C@H](Cc1ccc(O)cc1)C(=O)N1CCC[C@@H]1C(=O)N1C[C@@H](O)C[C@@H]1C(=O)NCC(=O)O. The number of phenolic OH excluding ortho intramolecular Hbond substituents is 1. The molecule has 12 heteroatoms. The van der Waals surface area contributed by atoms with Crippen LogP contribution in [-0.4, -0.2) is 98.6 Å². The van der Waals surface area contributed by atoms with Gasteiger partial charge in [0.05, 0.1) is 6.10 Å². The van der Waals surface area contributed by atoms with E-state index in [0.29, 0.717) is 18.4 Å². The van der Waals surface area contributed by atoms with Gasteiger partial charge in [-0.2, -0.15) is 0 Å². The first-order valence-electron chi connectivity index (χ1n) is 11.4. The van der Waals surface area contributed by atoms with Gasteiger partial charge in [-0.15, -0.1) is 0 Å². The summed E-state index contributed by atoms with van der Waals surface area (Å²) in [6, 6.07) is 3.36. The Hall–Kier alpha value is -3.67. The molecule has 2 aliphatic heterocycles. The van der Waals surface area contributed by atoms with Crippen LogP contribution in [0.2, 0.25) is 0 Å².